The molecule has 22 heavy (non-hydrogen) atoms. The fourth-order valence-corrected chi connectivity index (χ4v) is 1.59. The van der Waals surface area contributed by atoms with Gasteiger partial charge in [-0.05, 0) is 17.7 Å². The normalized spacial score (nSPS) is 11.2. The minimum absolute atomic E-state index is 0.0724. The molecule has 0 aliphatic rings. The summed E-state index contributed by atoms with van der Waals surface area (Å²) in [5.41, 5.74) is 0.640. The number of nitrogens with one attached hydrogen (secondary N) is 1. The third kappa shape index (κ3) is 3.81. The molecule has 2 aromatic rings. The quantitative estimate of drug-likeness (QED) is 0.892. The van der Waals surface area contributed by atoms with Gasteiger partial charge in [-0.1, -0.05) is 12.1 Å². The highest BCUT2D eigenvalue weighted by atomic mass is 19.4. The summed E-state index contributed by atoms with van der Waals surface area (Å²) in [6.07, 6.45) is -3.90. The topological polar surface area (TPSA) is 97.1 Å². The highest BCUT2D eigenvalue weighted by molar-refractivity contribution is 5.93. The molecule has 0 bridgehead atoms. The van der Waals surface area contributed by atoms with Crippen LogP contribution in [0.5, 0.6) is 0 Å². The van der Waals surface area contributed by atoms with Gasteiger partial charge in [0.2, 0.25) is 5.95 Å². The number of carbonyl (C=O) groups is 2. The molecule has 1 aromatic heterocycles. The van der Waals surface area contributed by atoms with E-state index < -0.39 is 24.0 Å². The van der Waals surface area contributed by atoms with Crippen molar-refractivity contribution in [1.82, 2.24) is 14.8 Å². The summed E-state index contributed by atoms with van der Waals surface area (Å²) in [6.45, 7) is 0.0933. The van der Waals surface area contributed by atoms with Gasteiger partial charge < -0.3 is 5.11 Å². The lowest BCUT2D eigenvalue weighted by Crippen LogP contribution is -2.30. The van der Waals surface area contributed by atoms with E-state index in [1.807, 2.05) is 0 Å². The molecule has 0 saturated carbocycles. The predicted molar refractivity (Wildman–Crippen MR) is 67.2 cm³/mol. The number of carboxylic acids is 1. The second kappa shape index (κ2) is 5.84. The number of hydrogen-bond acceptors (Lipinski definition) is 4. The molecular formula is C12H9F3N4O3. The molecule has 7 nitrogen and oxygen atoms in total. The summed E-state index contributed by atoms with van der Waals surface area (Å²) in [5, 5.41) is 14.0. The van der Waals surface area contributed by atoms with Crippen molar-refractivity contribution in [3.05, 3.63) is 41.7 Å². The fourth-order valence-electron chi connectivity index (χ4n) is 1.59. The maximum absolute atomic E-state index is 12.1. The van der Waals surface area contributed by atoms with E-state index in [1.54, 1.807) is 6.07 Å². The zero-order valence-electron chi connectivity index (χ0n) is 10.8. The molecule has 116 valence electrons. The number of amides is 1. The molecule has 1 amide bonds. The van der Waals surface area contributed by atoms with Crippen molar-refractivity contribution in [2.24, 2.45) is 0 Å². The second-order valence-corrected chi connectivity index (χ2v) is 4.22. The number of anilines is 1. The molecule has 1 aromatic carbocycles. The van der Waals surface area contributed by atoms with E-state index in [1.165, 1.54) is 28.2 Å². The number of nitrogens with zero attached hydrogens (tertiary/aromatic N) is 3. The number of aromatic carboxylic acids is 1. The van der Waals surface area contributed by atoms with Crippen molar-refractivity contribution in [3.63, 3.8) is 0 Å². The number of carboxylic acid groups (broad SMARTS) is 1. The lowest BCUT2D eigenvalue weighted by molar-refractivity contribution is -0.167. The van der Waals surface area contributed by atoms with Crippen LogP contribution in [0.15, 0.2) is 30.6 Å². The summed E-state index contributed by atoms with van der Waals surface area (Å²) in [7, 11) is 0. The van der Waals surface area contributed by atoms with Crippen LogP contribution in [0, 0.1) is 0 Å². The van der Waals surface area contributed by atoms with Gasteiger partial charge in [0.25, 0.3) is 0 Å². The number of hydrogen-bond donors (Lipinski definition) is 2. The van der Waals surface area contributed by atoms with E-state index >= 15 is 0 Å². The number of halogens is 3. The average Bonchev–Trinajstić information content (AvgIpc) is 2.85. The van der Waals surface area contributed by atoms with Gasteiger partial charge in [-0.25, -0.2) is 14.5 Å². The standard InChI is InChI=1S/C12H9F3N4O3/c13-12(14,15)10(22)17-11-16-6-19(18-11)5-7-2-1-3-8(4-7)9(20)21/h1-4,6H,5H2,(H,20,21)(H,17,18,22). The summed E-state index contributed by atoms with van der Waals surface area (Å²) in [4.78, 5) is 25.1. The lowest BCUT2D eigenvalue weighted by Gasteiger charge is -2.04. The summed E-state index contributed by atoms with van der Waals surface area (Å²) >= 11 is 0. The Hall–Kier alpha value is -2.91. The van der Waals surface area contributed by atoms with Crippen LogP contribution in [-0.4, -0.2) is 37.9 Å². The molecule has 0 aliphatic heterocycles. The minimum Gasteiger partial charge on any atom is -0.478 e. The molecule has 2 rings (SSSR count). The molecule has 0 radical (unpaired) electrons. The molecule has 0 aliphatic carbocycles. The first-order chi connectivity index (χ1) is 10.3. The van der Waals surface area contributed by atoms with Gasteiger partial charge >= 0.3 is 18.1 Å². The second-order valence-electron chi connectivity index (χ2n) is 4.22. The van der Waals surface area contributed by atoms with Crippen molar-refractivity contribution in [3.8, 4) is 0 Å². The van der Waals surface area contributed by atoms with E-state index in [0.29, 0.717) is 5.56 Å². The van der Waals surface area contributed by atoms with Crippen LogP contribution in [0.2, 0.25) is 0 Å². The summed E-state index contributed by atoms with van der Waals surface area (Å²) < 4.78 is 37.4. The van der Waals surface area contributed by atoms with Crippen molar-refractivity contribution in [1.29, 1.82) is 0 Å². The number of aromatic nitrogens is 3. The molecule has 0 atom stereocenters. The SMILES string of the molecule is O=C(O)c1cccc(Cn2cnc(NC(=O)C(F)(F)F)n2)c1. The van der Waals surface area contributed by atoms with Crippen LogP contribution in [0.1, 0.15) is 15.9 Å². The third-order valence-electron chi connectivity index (χ3n) is 2.54. The molecule has 1 heterocycles. The van der Waals surface area contributed by atoms with Gasteiger partial charge in [-0.2, -0.15) is 13.2 Å². The van der Waals surface area contributed by atoms with Gasteiger partial charge in [-0.15, -0.1) is 5.10 Å². The number of carbonyl (C=O) groups excluding carboxylic acids is 1. The fraction of sp³-hybridized carbons (Fsp3) is 0.167. The first-order valence-corrected chi connectivity index (χ1v) is 5.85. The maximum Gasteiger partial charge on any atom is 0.471 e. The Bertz CT molecular complexity index is 712. The largest absolute Gasteiger partial charge is 0.478 e. The van der Waals surface area contributed by atoms with E-state index in [-0.39, 0.29) is 12.1 Å². The summed E-state index contributed by atoms with van der Waals surface area (Å²) in [5.74, 6) is -3.76. The Labute approximate surface area is 121 Å². The van der Waals surface area contributed by atoms with E-state index in [0.717, 1.165) is 6.33 Å². The van der Waals surface area contributed by atoms with Crippen molar-refractivity contribution in [2.45, 2.75) is 12.7 Å². The third-order valence-corrected chi connectivity index (χ3v) is 2.54. The van der Waals surface area contributed by atoms with Gasteiger partial charge in [0.05, 0.1) is 12.1 Å². The van der Waals surface area contributed by atoms with E-state index in [4.69, 9.17) is 5.11 Å². The Morgan fingerprint density at radius 1 is 1.32 bits per heavy atom. The Morgan fingerprint density at radius 2 is 2.05 bits per heavy atom. The molecule has 10 heteroatoms. The van der Waals surface area contributed by atoms with Crippen molar-refractivity contribution < 1.29 is 27.9 Å². The van der Waals surface area contributed by atoms with Crippen LogP contribution in [0.25, 0.3) is 0 Å². The van der Waals surface area contributed by atoms with Crippen LogP contribution in [0.3, 0.4) is 0 Å². The Kier molecular flexibility index (Phi) is 4.11. The lowest BCUT2D eigenvalue weighted by atomic mass is 10.1. The predicted octanol–water partition coefficient (Wildman–Crippen LogP) is 1.53. The van der Waals surface area contributed by atoms with Gasteiger partial charge in [0.15, 0.2) is 0 Å². The smallest absolute Gasteiger partial charge is 0.471 e. The first-order valence-electron chi connectivity index (χ1n) is 5.85. The van der Waals surface area contributed by atoms with Crippen LogP contribution in [0.4, 0.5) is 19.1 Å². The van der Waals surface area contributed by atoms with Crippen LogP contribution < -0.4 is 5.32 Å². The number of benzene rings is 1. The number of rotatable bonds is 4. The monoisotopic (exact) mass is 314 g/mol. The molecule has 2 N–H and O–H groups in total. The number of alkyl halides is 3. The molecule has 0 fully saturated rings. The Morgan fingerprint density at radius 3 is 2.68 bits per heavy atom. The van der Waals surface area contributed by atoms with Crippen molar-refractivity contribution in [2.75, 3.05) is 5.32 Å². The molecular weight excluding hydrogens is 305 g/mol. The van der Waals surface area contributed by atoms with E-state index in [9.17, 15) is 22.8 Å². The van der Waals surface area contributed by atoms with Crippen LogP contribution >= 0.6 is 0 Å². The average molecular weight is 314 g/mol. The minimum atomic E-state index is -5.03. The molecule has 0 spiro atoms. The van der Waals surface area contributed by atoms with Gasteiger partial charge in [0.1, 0.15) is 6.33 Å². The Balaban J connectivity index is 2.08. The molecule has 0 saturated heterocycles. The zero-order valence-corrected chi connectivity index (χ0v) is 10.8. The maximum atomic E-state index is 12.1. The van der Waals surface area contributed by atoms with Crippen molar-refractivity contribution >= 4 is 17.8 Å². The van der Waals surface area contributed by atoms with Gasteiger partial charge in [0, 0.05) is 0 Å². The first kappa shape index (κ1) is 15.5. The summed E-state index contributed by atoms with van der Waals surface area (Å²) in [6, 6.07) is 5.96. The molecule has 0 unspecified atom stereocenters. The van der Waals surface area contributed by atoms with Gasteiger partial charge in [-0.3, -0.25) is 10.1 Å². The highest BCUT2D eigenvalue weighted by Crippen LogP contribution is 2.16. The highest BCUT2D eigenvalue weighted by Gasteiger charge is 2.39. The van der Waals surface area contributed by atoms with Crippen LogP contribution in [-0.2, 0) is 11.3 Å². The zero-order chi connectivity index (χ0) is 16.3. The van der Waals surface area contributed by atoms with E-state index in [2.05, 4.69) is 10.1 Å².